The van der Waals surface area contributed by atoms with E-state index in [0.29, 0.717) is 11.9 Å². The lowest BCUT2D eigenvalue weighted by atomic mass is 9.87. The summed E-state index contributed by atoms with van der Waals surface area (Å²) in [6, 6.07) is 0.355. The summed E-state index contributed by atoms with van der Waals surface area (Å²) in [5.41, 5.74) is 1.36. The number of rotatable bonds is 4. The van der Waals surface area contributed by atoms with Crippen LogP contribution < -0.4 is 5.32 Å². The molecule has 0 bridgehead atoms. The van der Waals surface area contributed by atoms with Gasteiger partial charge in [0.25, 0.3) is 5.89 Å². The molecule has 1 unspecified atom stereocenters. The molecule has 0 amide bonds. The summed E-state index contributed by atoms with van der Waals surface area (Å²) in [6.07, 6.45) is 2.74. The van der Waals surface area contributed by atoms with Crippen LogP contribution in [0.15, 0.2) is 10.1 Å². The normalized spacial score (nSPS) is 15.1. The van der Waals surface area contributed by atoms with Crippen LogP contribution in [-0.4, -0.2) is 23.2 Å². The molecule has 1 heterocycles. The average molecular weight is 237 g/mol. The lowest BCUT2D eigenvalue weighted by Gasteiger charge is -2.18. The van der Waals surface area contributed by atoms with Crippen molar-refractivity contribution in [3.05, 3.63) is 17.3 Å². The van der Waals surface area contributed by atoms with Gasteiger partial charge in [-0.05, 0) is 26.3 Å². The van der Waals surface area contributed by atoms with Gasteiger partial charge in [0.2, 0.25) is 0 Å². The number of likely N-dealkylation sites (N-methyl/N-ethyl adjacent to an activating group) is 1. The van der Waals surface area contributed by atoms with E-state index in [1.54, 1.807) is 0 Å². The molecule has 0 saturated carbocycles. The summed E-state index contributed by atoms with van der Waals surface area (Å²) in [7, 11) is 1.93. The van der Waals surface area contributed by atoms with Crippen molar-refractivity contribution in [1.82, 2.24) is 15.5 Å². The highest BCUT2D eigenvalue weighted by atomic mass is 16.5. The third-order valence-electron chi connectivity index (χ3n) is 2.99. The van der Waals surface area contributed by atoms with Gasteiger partial charge >= 0.3 is 0 Å². The Morgan fingerprint density at radius 3 is 2.65 bits per heavy atom. The van der Waals surface area contributed by atoms with Crippen LogP contribution in [0.5, 0.6) is 0 Å². The van der Waals surface area contributed by atoms with Gasteiger partial charge in [0.15, 0.2) is 5.82 Å². The number of hydrogen-bond donors (Lipinski definition) is 1. The van der Waals surface area contributed by atoms with Crippen LogP contribution in [0.2, 0.25) is 0 Å². The van der Waals surface area contributed by atoms with Gasteiger partial charge in [-0.2, -0.15) is 4.98 Å². The smallest absolute Gasteiger partial charge is 0.250 e. The summed E-state index contributed by atoms with van der Waals surface area (Å²) >= 11 is 0. The average Bonchev–Trinajstić information content (AvgIpc) is 2.64. The Morgan fingerprint density at radius 1 is 1.47 bits per heavy atom. The summed E-state index contributed by atoms with van der Waals surface area (Å²) < 4.78 is 5.21. The third kappa shape index (κ3) is 4.30. The van der Waals surface area contributed by atoms with Crippen LogP contribution in [0.25, 0.3) is 6.08 Å². The first-order valence-electron chi connectivity index (χ1n) is 6.01. The lowest BCUT2D eigenvalue weighted by molar-refractivity contribution is 0.398. The van der Waals surface area contributed by atoms with Gasteiger partial charge in [-0.15, -0.1) is 0 Å². The van der Waals surface area contributed by atoms with Gasteiger partial charge in [0, 0.05) is 18.5 Å². The molecule has 0 fully saturated rings. The fourth-order valence-corrected chi connectivity index (χ4v) is 1.19. The van der Waals surface area contributed by atoms with Crippen molar-refractivity contribution in [2.24, 2.45) is 5.41 Å². The van der Waals surface area contributed by atoms with Crippen molar-refractivity contribution in [3.63, 3.8) is 0 Å². The summed E-state index contributed by atoms with van der Waals surface area (Å²) in [5.74, 6) is 1.34. The van der Waals surface area contributed by atoms with Gasteiger partial charge < -0.3 is 9.84 Å². The third-order valence-corrected chi connectivity index (χ3v) is 2.99. The zero-order chi connectivity index (χ0) is 13.1. The number of allylic oxidation sites excluding steroid dienone is 1. The molecular formula is C13H23N3O. The van der Waals surface area contributed by atoms with E-state index >= 15 is 0 Å². The van der Waals surface area contributed by atoms with E-state index in [1.165, 1.54) is 5.57 Å². The fourth-order valence-electron chi connectivity index (χ4n) is 1.19. The van der Waals surface area contributed by atoms with Crippen molar-refractivity contribution in [2.45, 2.75) is 47.1 Å². The number of aromatic nitrogens is 2. The fraction of sp³-hybridized carbons (Fsp3) is 0.692. The minimum absolute atomic E-state index is 0.132. The highest BCUT2D eigenvalue weighted by Crippen LogP contribution is 2.25. The molecule has 1 aromatic heterocycles. The predicted molar refractivity (Wildman–Crippen MR) is 69.6 cm³/mol. The van der Waals surface area contributed by atoms with E-state index in [-0.39, 0.29) is 5.41 Å². The minimum Gasteiger partial charge on any atom is -0.335 e. The van der Waals surface area contributed by atoms with Crippen molar-refractivity contribution in [1.29, 1.82) is 0 Å². The molecule has 0 spiro atoms. The molecule has 0 aliphatic rings. The van der Waals surface area contributed by atoms with E-state index in [4.69, 9.17) is 4.52 Å². The standard InChI is InChI=1S/C13H23N3O/c1-9(13(3,4)5)7-12-15-11(16-17-12)8-10(2)14-6/h7,10,14H,8H2,1-6H3/b9-7-. The molecule has 1 atom stereocenters. The Kier molecular flexibility index (Phi) is 4.46. The van der Waals surface area contributed by atoms with Crippen molar-refractivity contribution in [2.75, 3.05) is 7.05 Å². The first-order chi connectivity index (χ1) is 7.82. The van der Waals surface area contributed by atoms with Crippen LogP contribution >= 0.6 is 0 Å². The van der Waals surface area contributed by atoms with E-state index in [9.17, 15) is 0 Å². The number of nitrogens with zero attached hydrogens (tertiary/aromatic N) is 2. The zero-order valence-corrected chi connectivity index (χ0v) is 11.7. The molecule has 1 N–H and O–H groups in total. The van der Waals surface area contributed by atoms with Crippen molar-refractivity contribution < 1.29 is 4.52 Å². The zero-order valence-electron chi connectivity index (χ0n) is 11.7. The van der Waals surface area contributed by atoms with Crippen LogP contribution in [0, 0.1) is 5.41 Å². The van der Waals surface area contributed by atoms with Crippen LogP contribution in [0.3, 0.4) is 0 Å². The first kappa shape index (κ1) is 13.9. The van der Waals surface area contributed by atoms with Gasteiger partial charge in [-0.25, -0.2) is 0 Å². The molecule has 17 heavy (non-hydrogen) atoms. The quantitative estimate of drug-likeness (QED) is 0.874. The van der Waals surface area contributed by atoms with E-state index < -0.39 is 0 Å². The Hall–Kier alpha value is -1.16. The van der Waals surface area contributed by atoms with Gasteiger partial charge in [-0.3, -0.25) is 0 Å². The molecule has 96 valence electrons. The van der Waals surface area contributed by atoms with Gasteiger partial charge in [0.05, 0.1) is 0 Å². The first-order valence-corrected chi connectivity index (χ1v) is 6.01. The summed E-state index contributed by atoms with van der Waals surface area (Å²) in [5, 5.41) is 7.12. The Labute approximate surface area is 103 Å². The second kappa shape index (κ2) is 5.45. The number of hydrogen-bond acceptors (Lipinski definition) is 4. The van der Waals surface area contributed by atoms with Gasteiger partial charge in [0.1, 0.15) is 0 Å². The van der Waals surface area contributed by atoms with Crippen molar-refractivity contribution in [3.8, 4) is 0 Å². The highest BCUT2D eigenvalue weighted by molar-refractivity contribution is 5.44. The Morgan fingerprint density at radius 2 is 2.12 bits per heavy atom. The molecule has 0 saturated heterocycles. The largest absolute Gasteiger partial charge is 0.335 e. The van der Waals surface area contributed by atoms with E-state index in [1.807, 2.05) is 13.1 Å². The second-order valence-electron chi connectivity index (χ2n) is 5.52. The molecule has 1 aromatic rings. The van der Waals surface area contributed by atoms with Crippen LogP contribution in [0.1, 0.15) is 46.3 Å². The maximum atomic E-state index is 5.21. The second-order valence-corrected chi connectivity index (χ2v) is 5.52. The molecule has 4 nitrogen and oxygen atoms in total. The summed E-state index contributed by atoms with van der Waals surface area (Å²) in [4.78, 5) is 4.36. The Bertz CT molecular complexity index is 388. The molecule has 0 aromatic carbocycles. The van der Waals surface area contributed by atoms with E-state index in [0.717, 1.165) is 12.2 Å². The topological polar surface area (TPSA) is 51.0 Å². The number of nitrogens with one attached hydrogen (secondary N) is 1. The van der Waals surface area contributed by atoms with Crippen molar-refractivity contribution >= 4 is 6.08 Å². The molecule has 0 aliphatic carbocycles. The molecule has 0 aliphatic heterocycles. The lowest BCUT2D eigenvalue weighted by Crippen LogP contribution is -2.24. The summed E-state index contributed by atoms with van der Waals surface area (Å²) in [6.45, 7) is 10.7. The highest BCUT2D eigenvalue weighted by Gasteiger charge is 2.14. The van der Waals surface area contributed by atoms with Crippen LogP contribution in [-0.2, 0) is 6.42 Å². The molecule has 1 rings (SSSR count). The molecular weight excluding hydrogens is 214 g/mol. The molecule has 4 heteroatoms. The maximum absolute atomic E-state index is 5.21. The van der Waals surface area contributed by atoms with Gasteiger partial charge in [-0.1, -0.05) is 31.5 Å². The predicted octanol–water partition coefficient (Wildman–Crippen LogP) is 2.67. The monoisotopic (exact) mass is 237 g/mol. The minimum atomic E-state index is 0.132. The Balaban J connectivity index is 2.75. The van der Waals surface area contributed by atoms with E-state index in [2.05, 4.69) is 50.1 Å². The SMILES string of the molecule is CNC(C)Cc1noc(/C=C(/C)C(C)(C)C)n1. The van der Waals surface area contributed by atoms with Crippen LogP contribution in [0.4, 0.5) is 0 Å². The maximum Gasteiger partial charge on any atom is 0.250 e. The molecule has 0 radical (unpaired) electrons.